The SMILES string of the molecule is CCNCCCOc1ccc(F)cc1Cl. The standard InChI is InChI=1S/C11H15ClFNO/c1-2-14-6-3-7-15-11-5-4-9(13)8-10(11)12/h4-5,8,14H,2-3,6-7H2,1H3. The van der Waals surface area contributed by atoms with E-state index in [4.69, 9.17) is 16.3 Å². The van der Waals surface area contributed by atoms with Gasteiger partial charge < -0.3 is 10.1 Å². The van der Waals surface area contributed by atoms with E-state index in [0.29, 0.717) is 17.4 Å². The molecule has 0 unspecified atom stereocenters. The Labute approximate surface area is 94.4 Å². The Balaban J connectivity index is 2.31. The molecule has 2 nitrogen and oxygen atoms in total. The summed E-state index contributed by atoms with van der Waals surface area (Å²) in [5.41, 5.74) is 0. The van der Waals surface area contributed by atoms with Crippen LogP contribution in [0.2, 0.25) is 5.02 Å². The minimum absolute atomic E-state index is 0.318. The Hall–Kier alpha value is -0.800. The van der Waals surface area contributed by atoms with Crippen molar-refractivity contribution in [2.45, 2.75) is 13.3 Å². The Morgan fingerprint density at radius 1 is 1.47 bits per heavy atom. The van der Waals surface area contributed by atoms with E-state index in [0.717, 1.165) is 19.5 Å². The molecular weight excluding hydrogens is 217 g/mol. The van der Waals surface area contributed by atoms with Gasteiger partial charge in [-0.2, -0.15) is 0 Å². The van der Waals surface area contributed by atoms with Crippen molar-refractivity contribution in [2.75, 3.05) is 19.7 Å². The quantitative estimate of drug-likeness (QED) is 0.761. The van der Waals surface area contributed by atoms with Gasteiger partial charge in [0.25, 0.3) is 0 Å². The van der Waals surface area contributed by atoms with E-state index >= 15 is 0 Å². The van der Waals surface area contributed by atoms with Crippen LogP contribution in [0.25, 0.3) is 0 Å². The lowest BCUT2D eigenvalue weighted by Crippen LogP contribution is -2.16. The predicted octanol–water partition coefficient (Wildman–Crippen LogP) is 2.86. The lowest BCUT2D eigenvalue weighted by atomic mass is 10.3. The van der Waals surface area contributed by atoms with Crippen LogP contribution in [0.15, 0.2) is 18.2 Å². The maximum Gasteiger partial charge on any atom is 0.138 e. The first-order valence-corrected chi connectivity index (χ1v) is 5.40. The molecule has 0 aliphatic carbocycles. The number of hydrogen-bond donors (Lipinski definition) is 1. The third kappa shape index (κ3) is 4.49. The van der Waals surface area contributed by atoms with Gasteiger partial charge in [-0.3, -0.25) is 0 Å². The average molecular weight is 232 g/mol. The first-order chi connectivity index (χ1) is 7.24. The van der Waals surface area contributed by atoms with Crippen molar-refractivity contribution in [2.24, 2.45) is 0 Å². The topological polar surface area (TPSA) is 21.3 Å². The highest BCUT2D eigenvalue weighted by atomic mass is 35.5. The molecule has 0 saturated heterocycles. The van der Waals surface area contributed by atoms with Gasteiger partial charge in [0, 0.05) is 0 Å². The molecule has 0 aliphatic heterocycles. The summed E-state index contributed by atoms with van der Waals surface area (Å²) in [6.45, 7) is 4.50. The molecule has 1 aromatic carbocycles. The van der Waals surface area contributed by atoms with Crippen molar-refractivity contribution < 1.29 is 9.13 Å². The van der Waals surface area contributed by atoms with Crippen LogP contribution in [0, 0.1) is 5.82 Å². The molecule has 0 fully saturated rings. The van der Waals surface area contributed by atoms with E-state index in [1.165, 1.54) is 12.1 Å². The summed E-state index contributed by atoms with van der Waals surface area (Å²) in [6.07, 6.45) is 0.904. The lowest BCUT2D eigenvalue weighted by Gasteiger charge is -2.07. The van der Waals surface area contributed by atoms with Gasteiger partial charge in [-0.15, -0.1) is 0 Å². The van der Waals surface area contributed by atoms with Crippen molar-refractivity contribution in [3.8, 4) is 5.75 Å². The number of nitrogens with one attached hydrogen (secondary N) is 1. The zero-order chi connectivity index (χ0) is 11.1. The van der Waals surface area contributed by atoms with E-state index in [2.05, 4.69) is 12.2 Å². The van der Waals surface area contributed by atoms with Crippen molar-refractivity contribution in [1.29, 1.82) is 0 Å². The maximum absolute atomic E-state index is 12.7. The zero-order valence-electron chi connectivity index (χ0n) is 8.72. The monoisotopic (exact) mass is 231 g/mol. The second-order valence-corrected chi connectivity index (χ2v) is 3.54. The van der Waals surface area contributed by atoms with Crippen LogP contribution in [0.5, 0.6) is 5.75 Å². The first-order valence-electron chi connectivity index (χ1n) is 5.02. The molecule has 0 heterocycles. The third-order valence-corrected chi connectivity index (χ3v) is 2.19. The van der Waals surface area contributed by atoms with E-state index < -0.39 is 0 Å². The highest BCUT2D eigenvalue weighted by Crippen LogP contribution is 2.24. The Morgan fingerprint density at radius 2 is 2.27 bits per heavy atom. The van der Waals surface area contributed by atoms with Crippen LogP contribution in [0.1, 0.15) is 13.3 Å². The first kappa shape index (κ1) is 12.3. The number of halogens is 2. The number of hydrogen-bond acceptors (Lipinski definition) is 2. The molecule has 0 atom stereocenters. The highest BCUT2D eigenvalue weighted by molar-refractivity contribution is 6.32. The van der Waals surface area contributed by atoms with Crippen molar-refractivity contribution >= 4 is 11.6 Å². The molecule has 0 saturated carbocycles. The van der Waals surface area contributed by atoms with Gasteiger partial charge in [0.05, 0.1) is 11.6 Å². The molecule has 84 valence electrons. The molecule has 0 amide bonds. The van der Waals surface area contributed by atoms with Gasteiger partial charge >= 0.3 is 0 Å². The molecular formula is C11H15ClFNO. The van der Waals surface area contributed by atoms with Crippen LogP contribution < -0.4 is 10.1 Å². The molecule has 0 spiro atoms. The molecule has 1 aromatic rings. The maximum atomic E-state index is 12.7. The minimum atomic E-state index is -0.347. The summed E-state index contributed by atoms with van der Waals surface area (Å²) in [6, 6.07) is 4.14. The van der Waals surface area contributed by atoms with Crippen LogP contribution in [0.3, 0.4) is 0 Å². The van der Waals surface area contributed by atoms with Crippen LogP contribution in [-0.4, -0.2) is 19.7 Å². The largest absolute Gasteiger partial charge is 0.492 e. The molecule has 4 heteroatoms. The van der Waals surface area contributed by atoms with Crippen molar-refractivity contribution in [3.05, 3.63) is 29.0 Å². The Kier molecular flexibility index (Phi) is 5.43. The fraction of sp³-hybridized carbons (Fsp3) is 0.455. The molecule has 15 heavy (non-hydrogen) atoms. The van der Waals surface area contributed by atoms with E-state index in [9.17, 15) is 4.39 Å². The van der Waals surface area contributed by atoms with E-state index in [-0.39, 0.29) is 5.82 Å². The molecule has 0 radical (unpaired) electrons. The van der Waals surface area contributed by atoms with E-state index in [1.54, 1.807) is 6.07 Å². The Bertz CT molecular complexity index is 307. The highest BCUT2D eigenvalue weighted by Gasteiger charge is 2.02. The fourth-order valence-electron chi connectivity index (χ4n) is 1.15. The minimum Gasteiger partial charge on any atom is -0.492 e. The van der Waals surface area contributed by atoms with Gasteiger partial charge in [0.2, 0.25) is 0 Å². The molecule has 0 bridgehead atoms. The predicted molar refractivity (Wildman–Crippen MR) is 60.1 cm³/mol. The van der Waals surface area contributed by atoms with Crippen molar-refractivity contribution in [1.82, 2.24) is 5.32 Å². The average Bonchev–Trinajstić information content (AvgIpc) is 2.20. The normalized spacial score (nSPS) is 10.3. The number of ether oxygens (including phenoxy) is 1. The van der Waals surface area contributed by atoms with Crippen LogP contribution in [0.4, 0.5) is 4.39 Å². The van der Waals surface area contributed by atoms with Crippen LogP contribution in [-0.2, 0) is 0 Å². The van der Waals surface area contributed by atoms with E-state index in [1.807, 2.05) is 0 Å². The summed E-state index contributed by atoms with van der Waals surface area (Å²) < 4.78 is 18.1. The van der Waals surface area contributed by atoms with Gasteiger partial charge in [-0.25, -0.2) is 4.39 Å². The van der Waals surface area contributed by atoms with Gasteiger partial charge in [0.15, 0.2) is 0 Å². The summed E-state index contributed by atoms with van der Waals surface area (Å²) in [5, 5.41) is 3.50. The smallest absolute Gasteiger partial charge is 0.138 e. The zero-order valence-corrected chi connectivity index (χ0v) is 9.48. The number of rotatable bonds is 6. The number of benzene rings is 1. The lowest BCUT2D eigenvalue weighted by molar-refractivity contribution is 0.308. The second kappa shape index (κ2) is 6.64. The molecule has 1 N–H and O–H groups in total. The van der Waals surface area contributed by atoms with Crippen molar-refractivity contribution in [3.63, 3.8) is 0 Å². The van der Waals surface area contributed by atoms with Crippen LogP contribution >= 0.6 is 11.6 Å². The molecule has 1 rings (SSSR count). The Morgan fingerprint density at radius 3 is 2.93 bits per heavy atom. The van der Waals surface area contributed by atoms with Gasteiger partial charge in [-0.05, 0) is 37.7 Å². The third-order valence-electron chi connectivity index (χ3n) is 1.90. The molecule has 0 aliphatic rings. The molecule has 0 aromatic heterocycles. The second-order valence-electron chi connectivity index (χ2n) is 3.13. The summed E-state index contributed by atoms with van der Waals surface area (Å²) >= 11 is 5.79. The summed E-state index contributed by atoms with van der Waals surface area (Å²) in [4.78, 5) is 0. The summed E-state index contributed by atoms with van der Waals surface area (Å²) in [5.74, 6) is 0.189. The summed E-state index contributed by atoms with van der Waals surface area (Å²) in [7, 11) is 0. The fourth-order valence-corrected chi connectivity index (χ4v) is 1.37. The van der Waals surface area contributed by atoms with Gasteiger partial charge in [-0.1, -0.05) is 18.5 Å². The van der Waals surface area contributed by atoms with Gasteiger partial charge in [0.1, 0.15) is 11.6 Å².